The van der Waals surface area contributed by atoms with Crippen LogP contribution < -0.4 is 15.5 Å². The minimum atomic E-state index is 0.674. The third kappa shape index (κ3) is 2.30. The number of rotatable bonds is 1. The van der Waals surface area contributed by atoms with Crippen LogP contribution in [-0.4, -0.2) is 6.67 Å². The van der Waals surface area contributed by atoms with E-state index in [0.29, 0.717) is 6.67 Å². The van der Waals surface area contributed by atoms with Crippen LogP contribution in [0.2, 0.25) is 0 Å². The van der Waals surface area contributed by atoms with E-state index in [1.165, 1.54) is 22.0 Å². The van der Waals surface area contributed by atoms with E-state index in [9.17, 15) is 0 Å². The van der Waals surface area contributed by atoms with Crippen LogP contribution in [0.3, 0.4) is 0 Å². The van der Waals surface area contributed by atoms with Gasteiger partial charge in [0.1, 0.15) is 6.67 Å². The fourth-order valence-corrected chi connectivity index (χ4v) is 2.69. The zero-order valence-corrected chi connectivity index (χ0v) is 12.6. The van der Waals surface area contributed by atoms with Crippen LogP contribution in [0.1, 0.15) is 11.1 Å². The number of anilines is 1. The van der Waals surface area contributed by atoms with E-state index in [1.54, 1.807) is 0 Å². The van der Waals surface area contributed by atoms with Gasteiger partial charge in [-0.25, -0.2) is 0 Å². The lowest BCUT2D eigenvalue weighted by Crippen LogP contribution is -2.36. The summed E-state index contributed by atoms with van der Waals surface area (Å²) in [6, 6.07) is 12.6. The Bertz CT molecular complexity index is 750. The van der Waals surface area contributed by atoms with E-state index in [1.807, 2.05) is 0 Å². The van der Waals surface area contributed by atoms with E-state index >= 15 is 0 Å². The number of nitrogens with zero attached hydrogens (tertiary/aromatic N) is 2. The Morgan fingerprint density at radius 3 is 2.84 bits per heavy atom. The molecule has 1 aliphatic rings. The Kier molecular flexibility index (Phi) is 3.15. The number of fused-ring (bicyclic) bond motifs is 1. The van der Waals surface area contributed by atoms with Crippen LogP contribution >= 0.6 is 15.9 Å². The third-order valence-corrected chi connectivity index (χ3v) is 4.28. The first-order chi connectivity index (χ1) is 9.15. The van der Waals surface area contributed by atoms with Crippen molar-refractivity contribution in [2.24, 2.45) is 4.99 Å². The molecule has 0 saturated heterocycles. The fourth-order valence-electron chi connectivity index (χ4n) is 2.34. The summed E-state index contributed by atoms with van der Waals surface area (Å²) < 4.78 is 1.13. The fraction of sp³-hybridized carbons (Fsp3) is 0.188. The molecule has 2 aromatic carbocycles. The number of hydrogen-bond acceptors (Lipinski definition) is 2. The summed E-state index contributed by atoms with van der Waals surface area (Å²) in [6.45, 7) is 4.91. The van der Waals surface area contributed by atoms with Gasteiger partial charge in [0.25, 0.3) is 0 Å². The van der Waals surface area contributed by atoms with Gasteiger partial charge >= 0.3 is 0 Å². The molecule has 3 rings (SSSR count). The van der Waals surface area contributed by atoms with Crippen LogP contribution in [0.15, 0.2) is 45.9 Å². The van der Waals surface area contributed by atoms with Crippen molar-refractivity contribution < 1.29 is 0 Å². The molecule has 0 aliphatic carbocycles. The number of benzene rings is 2. The molecule has 2 aromatic rings. The molecule has 2 nitrogen and oxygen atoms in total. The maximum atomic E-state index is 4.64. The molecule has 0 saturated carbocycles. The molecule has 0 fully saturated rings. The maximum Gasteiger partial charge on any atom is 0.115 e. The summed E-state index contributed by atoms with van der Waals surface area (Å²) in [7, 11) is 0. The molecule has 0 unspecified atom stereocenters. The average Bonchev–Trinajstić information content (AvgIpc) is 2.41. The van der Waals surface area contributed by atoms with Crippen molar-refractivity contribution in [1.82, 2.24) is 0 Å². The van der Waals surface area contributed by atoms with E-state index in [4.69, 9.17) is 0 Å². The van der Waals surface area contributed by atoms with Gasteiger partial charge in [0.2, 0.25) is 0 Å². The smallest absolute Gasteiger partial charge is 0.115 e. The summed E-state index contributed by atoms with van der Waals surface area (Å²) >= 11 is 3.58. The highest BCUT2D eigenvalue weighted by Gasteiger charge is 2.10. The van der Waals surface area contributed by atoms with Gasteiger partial charge in [-0.3, -0.25) is 4.99 Å². The predicted octanol–water partition coefficient (Wildman–Crippen LogP) is 2.90. The highest BCUT2D eigenvalue weighted by molar-refractivity contribution is 9.10. The highest BCUT2D eigenvalue weighted by atomic mass is 79.9. The molecular weight excluding hydrogens is 300 g/mol. The van der Waals surface area contributed by atoms with Crippen LogP contribution in [0.5, 0.6) is 0 Å². The lowest BCUT2D eigenvalue weighted by Gasteiger charge is -2.23. The second-order valence-corrected chi connectivity index (χ2v) is 5.70. The van der Waals surface area contributed by atoms with Crippen molar-refractivity contribution in [3.8, 4) is 0 Å². The third-order valence-electron chi connectivity index (χ3n) is 3.42. The van der Waals surface area contributed by atoms with Crippen molar-refractivity contribution in [1.29, 1.82) is 0 Å². The summed E-state index contributed by atoms with van der Waals surface area (Å²) in [5, 5.41) is 2.26. The lowest BCUT2D eigenvalue weighted by molar-refractivity contribution is 0.933. The minimum absolute atomic E-state index is 0.674. The standard InChI is InChI=1S/C16H15BrN2/c1-11-6-7-15-13(8-11)9-19(10-18-15)16-5-3-4-14(17)12(16)2/h3-9H,10H2,1-2H3. The molecule has 0 aromatic heterocycles. The van der Waals surface area contributed by atoms with Gasteiger partial charge in [-0.05, 0) is 43.7 Å². The average molecular weight is 315 g/mol. The van der Waals surface area contributed by atoms with E-state index in [0.717, 1.165) is 9.83 Å². The molecule has 0 radical (unpaired) electrons. The first-order valence-corrected chi connectivity index (χ1v) is 7.09. The summed E-state index contributed by atoms with van der Waals surface area (Å²) in [4.78, 5) is 6.84. The topological polar surface area (TPSA) is 15.6 Å². The zero-order valence-electron chi connectivity index (χ0n) is 11.0. The SMILES string of the molecule is Cc1ccc2c(c1)=CN(c1cccc(Br)c1C)CN=2. The van der Waals surface area contributed by atoms with Gasteiger partial charge in [-0.15, -0.1) is 0 Å². The molecule has 0 N–H and O–H groups in total. The lowest BCUT2D eigenvalue weighted by atomic mass is 10.1. The second-order valence-electron chi connectivity index (χ2n) is 4.84. The highest BCUT2D eigenvalue weighted by Crippen LogP contribution is 2.27. The van der Waals surface area contributed by atoms with Crippen LogP contribution in [0.4, 0.5) is 5.69 Å². The first-order valence-electron chi connectivity index (χ1n) is 6.30. The van der Waals surface area contributed by atoms with Crippen molar-refractivity contribution in [2.75, 3.05) is 11.6 Å². The maximum absolute atomic E-state index is 4.64. The van der Waals surface area contributed by atoms with E-state index in [2.05, 4.69) is 82.3 Å². The quantitative estimate of drug-likeness (QED) is 0.790. The summed E-state index contributed by atoms with van der Waals surface area (Å²) in [5.74, 6) is 0. The van der Waals surface area contributed by atoms with Gasteiger partial charge in [0.05, 0.1) is 5.36 Å². The molecule has 1 heterocycles. The van der Waals surface area contributed by atoms with Crippen molar-refractivity contribution >= 4 is 27.8 Å². The van der Waals surface area contributed by atoms with Crippen LogP contribution in [0.25, 0.3) is 6.20 Å². The number of halogens is 1. The van der Waals surface area contributed by atoms with Crippen LogP contribution in [-0.2, 0) is 0 Å². The molecule has 0 amide bonds. The van der Waals surface area contributed by atoms with Crippen molar-refractivity contribution in [3.05, 3.63) is 62.6 Å². The predicted molar refractivity (Wildman–Crippen MR) is 82.7 cm³/mol. The summed E-state index contributed by atoms with van der Waals surface area (Å²) in [6.07, 6.45) is 2.18. The van der Waals surface area contributed by atoms with Crippen LogP contribution in [0, 0.1) is 13.8 Å². The molecule has 1 aliphatic heterocycles. The van der Waals surface area contributed by atoms with Crippen molar-refractivity contribution in [2.45, 2.75) is 13.8 Å². The van der Waals surface area contributed by atoms with E-state index < -0.39 is 0 Å². The Hall–Kier alpha value is -1.61. The molecular formula is C16H15BrN2. The van der Waals surface area contributed by atoms with E-state index in [-0.39, 0.29) is 0 Å². The zero-order chi connectivity index (χ0) is 13.4. The molecule has 3 heteroatoms. The minimum Gasteiger partial charge on any atom is -0.327 e. The Balaban J connectivity index is 2.12. The van der Waals surface area contributed by atoms with Gasteiger partial charge in [-0.1, -0.05) is 33.6 Å². The normalized spacial score (nSPS) is 13.5. The monoisotopic (exact) mass is 314 g/mol. The second kappa shape index (κ2) is 4.82. The van der Waals surface area contributed by atoms with Gasteiger partial charge in [0.15, 0.2) is 0 Å². The van der Waals surface area contributed by atoms with Gasteiger partial charge < -0.3 is 4.90 Å². The Morgan fingerprint density at radius 1 is 1.16 bits per heavy atom. The molecule has 0 bridgehead atoms. The molecule has 19 heavy (non-hydrogen) atoms. The Morgan fingerprint density at radius 2 is 2.00 bits per heavy atom. The number of hydrogen-bond donors (Lipinski definition) is 0. The largest absolute Gasteiger partial charge is 0.327 e. The molecule has 0 spiro atoms. The molecule has 0 atom stereocenters. The molecule has 96 valence electrons. The summed E-state index contributed by atoms with van der Waals surface area (Å²) in [5.41, 5.74) is 3.70. The van der Waals surface area contributed by atoms with Gasteiger partial charge in [0, 0.05) is 21.6 Å². The number of aryl methyl sites for hydroxylation is 1. The van der Waals surface area contributed by atoms with Crippen molar-refractivity contribution in [3.63, 3.8) is 0 Å². The van der Waals surface area contributed by atoms with Gasteiger partial charge in [-0.2, -0.15) is 0 Å². The first kappa shape index (κ1) is 12.4. The Labute approximate surface area is 121 Å².